The van der Waals surface area contributed by atoms with Gasteiger partial charge in [0.1, 0.15) is 5.82 Å². The molecule has 0 saturated heterocycles. The van der Waals surface area contributed by atoms with Gasteiger partial charge in [-0.1, -0.05) is 17.8 Å². The van der Waals surface area contributed by atoms with Crippen molar-refractivity contribution in [3.05, 3.63) is 23.9 Å². The summed E-state index contributed by atoms with van der Waals surface area (Å²) in [6, 6.07) is 5.95. The van der Waals surface area contributed by atoms with Crippen molar-refractivity contribution < 1.29 is 0 Å². The number of hydrogen-bond acceptors (Lipinski definition) is 6. The normalized spacial score (nSPS) is 30.6. The molecule has 1 aliphatic carbocycles. The van der Waals surface area contributed by atoms with Crippen LogP contribution in [0.2, 0.25) is 0 Å². The third kappa shape index (κ3) is 1.78. The standard InChI is InChI=1S/C14H15N5S/c1-9-4-2-7-12(16-9)17-13-18-14-8-15-19-10(14)5-3-6-11(14)20-13/h2,4,7-8,11H,3,5-6H2,1H3,(H,16,17,18). The molecule has 20 heavy (non-hydrogen) atoms. The molecule has 102 valence electrons. The predicted molar refractivity (Wildman–Crippen MR) is 83.9 cm³/mol. The average molecular weight is 285 g/mol. The highest BCUT2D eigenvalue weighted by Crippen LogP contribution is 2.44. The summed E-state index contributed by atoms with van der Waals surface area (Å²) in [5, 5.41) is 13.1. The zero-order valence-corrected chi connectivity index (χ0v) is 12.0. The van der Waals surface area contributed by atoms with Crippen molar-refractivity contribution in [3.63, 3.8) is 0 Å². The van der Waals surface area contributed by atoms with E-state index in [1.807, 2.05) is 31.3 Å². The number of hydrogen-bond donors (Lipinski definition) is 1. The highest BCUT2D eigenvalue weighted by Gasteiger charge is 2.51. The van der Waals surface area contributed by atoms with E-state index in [4.69, 9.17) is 4.99 Å². The molecule has 1 N–H and O–H groups in total. The molecule has 1 aromatic heterocycles. The van der Waals surface area contributed by atoms with Gasteiger partial charge in [-0.2, -0.15) is 10.2 Å². The molecule has 1 fully saturated rings. The first-order valence-electron chi connectivity index (χ1n) is 6.85. The maximum Gasteiger partial charge on any atom is 0.163 e. The first kappa shape index (κ1) is 12.1. The molecular formula is C14H15N5S. The molecule has 1 spiro atoms. The molecule has 0 radical (unpaired) electrons. The largest absolute Gasteiger partial charge is 0.320 e. The molecule has 0 aromatic carbocycles. The number of aryl methyl sites for hydroxylation is 1. The number of amidine groups is 1. The van der Waals surface area contributed by atoms with Gasteiger partial charge in [0.15, 0.2) is 10.7 Å². The number of anilines is 1. The van der Waals surface area contributed by atoms with E-state index in [0.29, 0.717) is 5.25 Å². The van der Waals surface area contributed by atoms with E-state index in [1.165, 1.54) is 6.42 Å². The van der Waals surface area contributed by atoms with Crippen molar-refractivity contribution in [2.45, 2.75) is 37.0 Å². The topological polar surface area (TPSA) is 62.0 Å². The zero-order chi connectivity index (χ0) is 13.6. The lowest BCUT2D eigenvalue weighted by atomic mass is 9.81. The summed E-state index contributed by atoms with van der Waals surface area (Å²) in [6.07, 6.45) is 5.26. The molecular weight excluding hydrogens is 270 g/mol. The van der Waals surface area contributed by atoms with Crippen LogP contribution in [0.15, 0.2) is 33.4 Å². The molecule has 0 bridgehead atoms. The first-order valence-corrected chi connectivity index (χ1v) is 7.73. The lowest BCUT2D eigenvalue weighted by Crippen LogP contribution is -2.46. The van der Waals surface area contributed by atoms with Crippen LogP contribution in [0.25, 0.3) is 0 Å². The van der Waals surface area contributed by atoms with E-state index in [9.17, 15) is 0 Å². The monoisotopic (exact) mass is 285 g/mol. The minimum atomic E-state index is -0.283. The Bertz CT molecular complexity index is 651. The van der Waals surface area contributed by atoms with Gasteiger partial charge < -0.3 is 5.32 Å². The van der Waals surface area contributed by atoms with Gasteiger partial charge in [0.05, 0.1) is 11.9 Å². The molecule has 4 rings (SSSR count). The fourth-order valence-electron chi connectivity index (χ4n) is 2.96. The van der Waals surface area contributed by atoms with E-state index < -0.39 is 0 Å². The summed E-state index contributed by atoms with van der Waals surface area (Å²) in [5.74, 6) is 0.847. The third-order valence-electron chi connectivity index (χ3n) is 3.93. The number of nitrogens with zero attached hydrogens (tertiary/aromatic N) is 4. The number of aliphatic imine (C=N–C) groups is 1. The second-order valence-electron chi connectivity index (χ2n) is 5.32. The molecule has 2 unspecified atom stereocenters. The van der Waals surface area contributed by atoms with E-state index in [-0.39, 0.29) is 5.54 Å². The van der Waals surface area contributed by atoms with Crippen molar-refractivity contribution in [1.82, 2.24) is 4.98 Å². The molecule has 5 nitrogen and oxygen atoms in total. The van der Waals surface area contributed by atoms with Gasteiger partial charge in [-0.25, -0.2) is 9.98 Å². The van der Waals surface area contributed by atoms with Crippen LogP contribution < -0.4 is 5.32 Å². The van der Waals surface area contributed by atoms with Crippen LogP contribution in [0.3, 0.4) is 0 Å². The molecule has 2 aliphatic heterocycles. The van der Waals surface area contributed by atoms with Crippen LogP contribution in [-0.2, 0) is 0 Å². The van der Waals surface area contributed by atoms with Crippen LogP contribution in [0.5, 0.6) is 0 Å². The van der Waals surface area contributed by atoms with Gasteiger partial charge in [-0.15, -0.1) is 0 Å². The summed E-state index contributed by atoms with van der Waals surface area (Å²) in [7, 11) is 0. The smallest absolute Gasteiger partial charge is 0.163 e. The van der Waals surface area contributed by atoms with Gasteiger partial charge in [-0.05, 0) is 38.3 Å². The van der Waals surface area contributed by atoms with Crippen LogP contribution in [-0.4, -0.2) is 32.9 Å². The second-order valence-corrected chi connectivity index (χ2v) is 6.51. The Labute approximate surface area is 121 Å². The molecule has 6 heteroatoms. The van der Waals surface area contributed by atoms with E-state index in [1.54, 1.807) is 11.8 Å². The Morgan fingerprint density at radius 3 is 3.25 bits per heavy atom. The first-order chi connectivity index (χ1) is 9.76. The van der Waals surface area contributed by atoms with E-state index in [2.05, 4.69) is 20.5 Å². The summed E-state index contributed by atoms with van der Waals surface area (Å²) < 4.78 is 0. The Morgan fingerprint density at radius 1 is 1.40 bits per heavy atom. The summed E-state index contributed by atoms with van der Waals surface area (Å²) in [5.41, 5.74) is 1.84. The fraction of sp³-hybridized carbons (Fsp3) is 0.429. The lowest BCUT2D eigenvalue weighted by molar-refractivity contribution is 0.589. The highest BCUT2D eigenvalue weighted by atomic mass is 32.2. The number of aromatic nitrogens is 1. The maximum atomic E-state index is 4.88. The van der Waals surface area contributed by atoms with E-state index in [0.717, 1.165) is 35.2 Å². The molecule has 1 aromatic rings. The Hall–Kier alpha value is -1.69. The fourth-order valence-corrected chi connectivity index (χ4v) is 4.31. The molecule has 3 aliphatic rings. The minimum Gasteiger partial charge on any atom is -0.320 e. The molecule has 2 atom stereocenters. The zero-order valence-electron chi connectivity index (χ0n) is 11.2. The quantitative estimate of drug-likeness (QED) is 0.862. The number of pyridine rings is 1. The number of nitrogens with one attached hydrogen (secondary N) is 1. The van der Waals surface area contributed by atoms with E-state index >= 15 is 0 Å². The summed E-state index contributed by atoms with van der Waals surface area (Å²) in [6.45, 7) is 1.99. The minimum absolute atomic E-state index is 0.283. The summed E-state index contributed by atoms with van der Waals surface area (Å²) in [4.78, 5) is 9.34. The summed E-state index contributed by atoms with van der Waals surface area (Å²) >= 11 is 1.79. The lowest BCUT2D eigenvalue weighted by Gasteiger charge is -2.30. The van der Waals surface area contributed by atoms with Crippen LogP contribution in [0.1, 0.15) is 25.0 Å². The van der Waals surface area contributed by atoms with Crippen molar-refractivity contribution in [1.29, 1.82) is 0 Å². The van der Waals surface area contributed by atoms with Crippen molar-refractivity contribution in [2.75, 3.05) is 5.32 Å². The van der Waals surface area contributed by atoms with Crippen molar-refractivity contribution >= 4 is 34.7 Å². The second kappa shape index (κ2) is 4.41. The number of thioether (sulfide) groups is 1. The molecule has 0 amide bonds. The maximum absolute atomic E-state index is 4.88. The van der Waals surface area contributed by atoms with Gasteiger partial charge in [0, 0.05) is 10.9 Å². The van der Waals surface area contributed by atoms with Gasteiger partial charge in [0.2, 0.25) is 0 Å². The SMILES string of the molecule is Cc1cccc(NC2=NC34C=NN=C3CCCC4S2)n1. The number of rotatable bonds is 1. The van der Waals surface area contributed by atoms with Crippen LogP contribution in [0, 0.1) is 6.92 Å². The predicted octanol–water partition coefficient (Wildman–Crippen LogP) is 2.64. The Morgan fingerprint density at radius 2 is 2.35 bits per heavy atom. The van der Waals surface area contributed by atoms with Crippen molar-refractivity contribution in [3.8, 4) is 0 Å². The Kier molecular flexibility index (Phi) is 2.66. The van der Waals surface area contributed by atoms with Gasteiger partial charge in [0.25, 0.3) is 0 Å². The molecule has 1 saturated carbocycles. The van der Waals surface area contributed by atoms with Crippen LogP contribution in [0.4, 0.5) is 5.82 Å². The Balaban J connectivity index is 1.63. The van der Waals surface area contributed by atoms with Crippen molar-refractivity contribution in [2.24, 2.45) is 15.2 Å². The van der Waals surface area contributed by atoms with Gasteiger partial charge >= 0.3 is 0 Å². The highest BCUT2D eigenvalue weighted by molar-refractivity contribution is 8.15. The van der Waals surface area contributed by atoms with Gasteiger partial charge in [-0.3, -0.25) is 0 Å². The third-order valence-corrected chi connectivity index (χ3v) is 5.23. The average Bonchev–Trinajstić information content (AvgIpc) is 2.98. The molecule has 3 heterocycles. The van der Waals surface area contributed by atoms with Crippen LogP contribution >= 0.6 is 11.8 Å².